The largest absolute Gasteiger partial charge is 0.466 e. The molecule has 1 atom stereocenters. The molecule has 136 valence electrons. The van der Waals surface area contributed by atoms with Crippen LogP contribution in [0.2, 0.25) is 0 Å². The van der Waals surface area contributed by atoms with Gasteiger partial charge in [-0.3, -0.25) is 0 Å². The van der Waals surface area contributed by atoms with Crippen molar-refractivity contribution in [1.82, 2.24) is 10.6 Å². The second-order valence-electron chi connectivity index (χ2n) is 6.30. The lowest BCUT2D eigenvalue weighted by Crippen LogP contribution is -2.48. The van der Waals surface area contributed by atoms with Crippen LogP contribution in [-0.2, 0) is 19.1 Å². The molecule has 1 aromatic carbocycles. The third-order valence-corrected chi connectivity index (χ3v) is 2.94. The Kier molecular flexibility index (Phi) is 7.65. The lowest BCUT2D eigenvalue weighted by Gasteiger charge is -2.24. The Morgan fingerprint density at radius 1 is 1.08 bits per heavy atom. The van der Waals surface area contributed by atoms with Gasteiger partial charge in [-0.2, -0.15) is 0 Å². The predicted molar refractivity (Wildman–Crippen MR) is 92.7 cm³/mol. The Balaban J connectivity index is 2.73. The Bertz CT molecular complexity index is 620. The third kappa shape index (κ3) is 8.55. The molecule has 7 heteroatoms. The summed E-state index contributed by atoms with van der Waals surface area (Å²) in [5.74, 6) is -1.36. The maximum atomic E-state index is 12.1. The summed E-state index contributed by atoms with van der Waals surface area (Å²) >= 11 is 0. The van der Waals surface area contributed by atoms with Crippen molar-refractivity contribution in [2.45, 2.75) is 32.4 Å². The number of hydrogen-bond acceptors (Lipinski definition) is 5. The van der Waals surface area contributed by atoms with Crippen LogP contribution in [0.4, 0.5) is 4.79 Å². The van der Waals surface area contributed by atoms with Crippen LogP contribution >= 0.6 is 0 Å². The highest BCUT2D eigenvalue weighted by Gasteiger charge is 2.19. The van der Waals surface area contributed by atoms with Crippen LogP contribution in [0.1, 0.15) is 32.4 Å². The second-order valence-corrected chi connectivity index (χ2v) is 6.30. The molecular formula is C18H24N2O5. The van der Waals surface area contributed by atoms with Crippen LogP contribution in [0.3, 0.4) is 0 Å². The minimum Gasteiger partial charge on any atom is -0.466 e. The number of urea groups is 1. The van der Waals surface area contributed by atoms with E-state index < -0.39 is 23.5 Å². The molecule has 25 heavy (non-hydrogen) atoms. The summed E-state index contributed by atoms with van der Waals surface area (Å²) in [6.45, 7) is 5.51. The molecule has 2 N–H and O–H groups in total. The molecule has 0 aromatic heterocycles. The Labute approximate surface area is 147 Å². The molecule has 0 unspecified atom stereocenters. The SMILES string of the molecule is COC(=O)/C=C/C(=O)OC[C@@H](NC(=O)NC(C)(C)C)c1ccccc1. The zero-order chi connectivity index (χ0) is 18.9. The van der Waals surface area contributed by atoms with Gasteiger partial charge in [0.2, 0.25) is 0 Å². The van der Waals surface area contributed by atoms with Gasteiger partial charge in [-0.05, 0) is 26.3 Å². The lowest BCUT2D eigenvalue weighted by atomic mass is 10.1. The highest BCUT2D eigenvalue weighted by Crippen LogP contribution is 2.13. The van der Waals surface area contributed by atoms with Crippen molar-refractivity contribution in [3.8, 4) is 0 Å². The topological polar surface area (TPSA) is 93.7 Å². The van der Waals surface area contributed by atoms with Gasteiger partial charge in [-0.25, -0.2) is 14.4 Å². The van der Waals surface area contributed by atoms with E-state index in [0.717, 1.165) is 17.7 Å². The molecule has 1 rings (SSSR count). The Morgan fingerprint density at radius 2 is 1.68 bits per heavy atom. The Morgan fingerprint density at radius 3 is 2.24 bits per heavy atom. The zero-order valence-corrected chi connectivity index (χ0v) is 14.9. The minimum atomic E-state index is -0.704. The fourth-order valence-corrected chi connectivity index (χ4v) is 1.86. The average Bonchev–Trinajstić information content (AvgIpc) is 2.55. The first-order chi connectivity index (χ1) is 11.7. The van der Waals surface area contributed by atoms with Crippen LogP contribution < -0.4 is 10.6 Å². The van der Waals surface area contributed by atoms with E-state index in [9.17, 15) is 14.4 Å². The van der Waals surface area contributed by atoms with Crippen molar-refractivity contribution in [2.75, 3.05) is 13.7 Å². The molecule has 0 saturated carbocycles. The Hall–Kier alpha value is -2.83. The van der Waals surface area contributed by atoms with Gasteiger partial charge in [0, 0.05) is 17.7 Å². The van der Waals surface area contributed by atoms with Gasteiger partial charge in [0.15, 0.2) is 0 Å². The lowest BCUT2D eigenvalue weighted by molar-refractivity contribution is -0.139. The first-order valence-corrected chi connectivity index (χ1v) is 7.77. The summed E-state index contributed by atoms with van der Waals surface area (Å²) in [5, 5.41) is 5.57. The van der Waals surface area contributed by atoms with Crippen molar-refractivity contribution in [2.24, 2.45) is 0 Å². The van der Waals surface area contributed by atoms with E-state index >= 15 is 0 Å². The van der Waals surface area contributed by atoms with Gasteiger partial charge in [-0.1, -0.05) is 30.3 Å². The molecule has 2 amide bonds. The van der Waals surface area contributed by atoms with E-state index in [2.05, 4.69) is 15.4 Å². The number of carbonyl (C=O) groups is 3. The molecule has 0 bridgehead atoms. The molecule has 0 aliphatic heterocycles. The van der Waals surface area contributed by atoms with Gasteiger partial charge in [0.1, 0.15) is 6.61 Å². The molecule has 7 nitrogen and oxygen atoms in total. The number of ether oxygens (including phenoxy) is 2. The van der Waals surface area contributed by atoms with E-state index in [-0.39, 0.29) is 12.6 Å². The van der Waals surface area contributed by atoms with E-state index in [1.165, 1.54) is 7.11 Å². The van der Waals surface area contributed by atoms with Gasteiger partial charge in [-0.15, -0.1) is 0 Å². The van der Waals surface area contributed by atoms with Gasteiger partial charge >= 0.3 is 18.0 Å². The van der Waals surface area contributed by atoms with Crippen LogP contribution in [0.5, 0.6) is 0 Å². The highest BCUT2D eigenvalue weighted by molar-refractivity contribution is 5.91. The summed E-state index contributed by atoms with van der Waals surface area (Å²) in [7, 11) is 1.21. The number of rotatable bonds is 6. The van der Waals surface area contributed by atoms with Gasteiger partial charge in [0.05, 0.1) is 13.2 Å². The first kappa shape index (κ1) is 20.2. The molecular weight excluding hydrogens is 324 g/mol. The molecule has 0 aliphatic rings. The summed E-state index contributed by atoms with van der Waals surface area (Å²) in [5.41, 5.74) is 0.391. The fourth-order valence-electron chi connectivity index (χ4n) is 1.86. The van der Waals surface area contributed by atoms with E-state index in [4.69, 9.17) is 4.74 Å². The van der Waals surface area contributed by atoms with Gasteiger partial charge in [0.25, 0.3) is 0 Å². The monoisotopic (exact) mass is 348 g/mol. The molecule has 1 aromatic rings. The summed E-state index contributed by atoms with van der Waals surface area (Å²) in [6.07, 6.45) is 1.95. The quantitative estimate of drug-likeness (QED) is 0.606. The summed E-state index contributed by atoms with van der Waals surface area (Å²) in [4.78, 5) is 34.7. The second kappa shape index (κ2) is 9.46. The molecule has 0 aliphatic carbocycles. The van der Waals surface area contributed by atoms with Crippen molar-refractivity contribution in [3.05, 3.63) is 48.0 Å². The third-order valence-electron chi connectivity index (χ3n) is 2.94. The standard InChI is InChI=1S/C18H24N2O5/c1-18(2,3)20-17(23)19-14(13-8-6-5-7-9-13)12-25-16(22)11-10-15(21)24-4/h5-11,14H,12H2,1-4H3,(H2,19,20,23)/b11-10+/t14-/m1/s1. The smallest absolute Gasteiger partial charge is 0.331 e. The number of amides is 2. The number of nitrogens with one attached hydrogen (secondary N) is 2. The number of benzene rings is 1. The van der Waals surface area contributed by atoms with Crippen molar-refractivity contribution >= 4 is 18.0 Å². The molecule has 0 spiro atoms. The minimum absolute atomic E-state index is 0.0775. The average molecular weight is 348 g/mol. The van der Waals surface area contributed by atoms with Crippen LogP contribution in [0.25, 0.3) is 0 Å². The number of hydrogen-bond donors (Lipinski definition) is 2. The van der Waals surface area contributed by atoms with Crippen molar-refractivity contribution in [1.29, 1.82) is 0 Å². The summed E-state index contributed by atoms with van der Waals surface area (Å²) in [6, 6.07) is 8.23. The number of carbonyl (C=O) groups excluding carboxylic acids is 3. The maximum absolute atomic E-state index is 12.1. The zero-order valence-electron chi connectivity index (χ0n) is 14.9. The van der Waals surface area contributed by atoms with E-state index in [1.807, 2.05) is 51.1 Å². The van der Waals surface area contributed by atoms with Crippen LogP contribution in [0.15, 0.2) is 42.5 Å². The fraction of sp³-hybridized carbons (Fsp3) is 0.389. The normalized spacial score (nSPS) is 12.3. The molecule has 0 saturated heterocycles. The van der Waals surface area contributed by atoms with Crippen molar-refractivity contribution in [3.63, 3.8) is 0 Å². The van der Waals surface area contributed by atoms with Gasteiger partial charge < -0.3 is 20.1 Å². The predicted octanol–water partition coefficient (Wildman–Crippen LogP) is 2.10. The molecule has 0 fully saturated rings. The van der Waals surface area contributed by atoms with Crippen molar-refractivity contribution < 1.29 is 23.9 Å². The highest BCUT2D eigenvalue weighted by atomic mass is 16.5. The first-order valence-electron chi connectivity index (χ1n) is 7.77. The van der Waals surface area contributed by atoms with Crippen LogP contribution in [-0.4, -0.2) is 37.2 Å². The number of esters is 2. The van der Waals surface area contributed by atoms with Crippen LogP contribution in [0, 0.1) is 0 Å². The maximum Gasteiger partial charge on any atom is 0.331 e. The van der Waals surface area contributed by atoms with E-state index in [0.29, 0.717) is 0 Å². The summed E-state index contributed by atoms with van der Waals surface area (Å²) < 4.78 is 9.50. The molecule has 0 radical (unpaired) electrons. The van der Waals surface area contributed by atoms with E-state index in [1.54, 1.807) is 0 Å². The molecule has 0 heterocycles. The number of methoxy groups -OCH3 is 1.